The minimum absolute atomic E-state index is 0.191. The number of hydrogen-bond acceptors (Lipinski definition) is 3. The van der Waals surface area contributed by atoms with Crippen LogP contribution in [0.25, 0.3) is 0 Å². The number of hydrogen-bond donors (Lipinski definition) is 0. The molecule has 3 nitrogen and oxygen atoms in total. The Hall–Kier alpha value is -1.16. The fraction of sp³-hybridized carbons (Fsp3) is 0.300. The number of rotatable bonds is 3. The van der Waals surface area contributed by atoms with Crippen molar-refractivity contribution in [3.8, 4) is 0 Å². The zero-order valence-electron chi connectivity index (χ0n) is 8.10. The Morgan fingerprint density at radius 2 is 1.71 bits per heavy atom. The lowest BCUT2D eigenvalue weighted by molar-refractivity contribution is -0.108. The molecule has 1 rings (SSSR count). The van der Waals surface area contributed by atoms with Crippen molar-refractivity contribution >= 4 is 16.1 Å². The van der Waals surface area contributed by atoms with Crippen LogP contribution in [0.3, 0.4) is 0 Å². The van der Waals surface area contributed by atoms with E-state index < -0.39 is 9.84 Å². The summed E-state index contributed by atoms with van der Waals surface area (Å²) in [6, 6.07) is 6.36. The molecule has 0 saturated carbocycles. The second kappa shape index (κ2) is 3.92. The van der Waals surface area contributed by atoms with Crippen LogP contribution in [-0.4, -0.2) is 21.0 Å². The Morgan fingerprint density at radius 3 is 2.07 bits per heavy atom. The van der Waals surface area contributed by atoms with Crippen molar-refractivity contribution in [2.24, 2.45) is 0 Å². The first-order valence-corrected chi connectivity index (χ1v) is 6.09. The Morgan fingerprint density at radius 1 is 1.21 bits per heavy atom. The van der Waals surface area contributed by atoms with Crippen molar-refractivity contribution in [3.63, 3.8) is 0 Å². The highest BCUT2D eigenvalue weighted by molar-refractivity contribution is 7.90. The van der Waals surface area contributed by atoms with Crippen molar-refractivity contribution in [1.29, 1.82) is 0 Å². The van der Waals surface area contributed by atoms with E-state index in [1.807, 2.05) is 0 Å². The summed E-state index contributed by atoms with van der Waals surface area (Å²) in [5, 5.41) is 0. The van der Waals surface area contributed by atoms with Crippen LogP contribution >= 0.6 is 0 Å². The van der Waals surface area contributed by atoms with E-state index in [0.29, 0.717) is 0 Å². The van der Waals surface area contributed by atoms with E-state index >= 15 is 0 Å². The Labute approximate surface area is 83.7 Å². The maximum Gasteiger partial charge on any atom is 0.175 e. The van der Waals surface area contributed by atoms with E-state index in [4.69, 9.17) is 0 Å². The van der Waals surface area contributed by atoms with Gasteiger partial charge in [-0.25, -0.2) is 8.42 Å². The number of benzene rings is 1. The monoisotopic (exact) mass is 212 g/mol. The van der Waals surface area contributed by atoms with E-state index in [0.717, 1.165) is 18.1 Å². The zero-order valence-corrected chi connectivity index (χ0v) is 8.91. The first-order chi connectivity index (χ1) is 6.45. The molecule has 0 aromatic heterocycles. The smallest absolute Gasteiger partial charge is 0.175 e. The van der Waals surface area contributed by atoms with Gasteiger partial charge in [0.1, 0.15) is 6.29 Å². The molecule has 0 aliphatic rings. The fourth-order valence-electron chi connectivity index (χ4n) is 1.10. The highest BCUT2D eigenvalue weighted by atomic mass is 32.2. The molecule has 0 fully saturated rings. The van der Waals surface area contributed by atoms with Crippen LogP contribution in [-0.2, 0) is 14.6 Å². The average Bonchev–Trinajstić information content (AvgIpc) is 2.15. The normalized spacial score (nSPS) is 13.6. The van der Waals surface area contributed by atoms with Gasteiger partial charge in [-0.1, -0.05) is 19.1 Å². The second-order valence-electron chi connectivity index (χ2n) is 3.27. The third kappa shape index (κ3) is 2.42. The standard InChI is InChI=1S/C10H12O3S/c1-8(7-11)9-3-5-10(6-4-9)14(2,12)13/h3-8H,1-2H3. The molecule has 0 amide bonds. The molecule has 0 bridgehead atoms. The summed E-state index contributed by atoms with van der Waals surface area (Å²) in [4.78, 5) is 10.7. The van der Waals surface area contributed by atoms with Gasteiger partial charge in [0.15, 0.2) is 9.84 Å². The van der Waals surface area contributed by atoms with Gasteiger partial charge in [-0.3, -0.25) is 0 Å². The van der Waals surface area contributed by atoms with Gasteiger partial charge in [-0.2, -0.15) is 0 Å². The minimum atomic E-state index is -3.14. The van der Waals surface area contributed by atoms with Gasteiger partial charge < -0.3 is 4.79 Å². The lowest BCUT2D eigenvalue weighted by Crippen LogP contribution is -1.99. The quantitative estimate of drug-likeness (QED) is 0.711. The largest absolute Gasteiger partial charge is 0.303 e. The zero-order chi connectivity index (χ0) is 10.8. The van der Waals surface area contributed by atoms with Gasteiger partial charge >= 0.3 is 0 Å². The molecule has 1 unspecified atom stereocenters. The predicted molar refractivity (Wildman–Crippen MR) is 54.0 cm³/mol. The van der Waals surface area contributed by atoms with Gasteiger partial charge in [-0.05, 0) is 17.7 Å². The molecule has 1 atom stereocenters. The van der Waals surface area contributed by atoms with E-state index in [-0.39, 0.29) is 10.8 Å². The lowest BCUT2D eigenvalue weighted by atomic mass is 10.0. The topological polar surface area (TPSA) is 51.2 Å². The van der Waals surface area contributed by atoms with E-state index in [1.165, 1.54) is 12.1 Å². The Kier molecular flexibility index (Phi) is 3.06. The summed E-state index contributed by atoms with van der Waals surface area (Å²) < 4.78 is 22.2. The number of carbonyl (C=O) groups excluding carboxylic acids is 1. The van der Waals surface area contributed by atoms with Gasteiger partial charge in [-0.15, -0.1) is 0 Å². The number of sulfone groups is 1. The van der Waals surface area contributed by atoms with E-state index in [9.17, 15) is 13.2 Å². The molecular formula is C10H12O3S. The first kappa shape index (κ1) is 10.9. The average molecular weight is 212 g/mol. The lowest BCUT2D eigenvalue weighted by Gasteiger charge is -2.04. The van der Waals surface area contributed by atoms with Crippen LogP contribution in [0.4, 0.5) is 0 Å². The molecule has 0 spiro atoms. The molecule has 1 aromatic carbocycles. The molecule has 0 aliphatic heterocycles. The molecule has 4 heteroatoms. The van der Waals surface area contributed by atoms with Crippen LogP contribution < -0.4 is 0 Å². The first-order valence-electron chi connectivity index (χ1n) is 4.20. The van der Waals surface area contributed by atoms with Gasteiger partial charge in [0, 0.05) is 12.2 Å². The molecule has 0 N–H and O–H groups in total. The van der Waals surface area contributed by atoms with Gasteiger partial charge in [0.2, 0.25) is 0 Å². The fourth-order valence-corrected chi connectivity index (χ4v) is 1.73. The second-order valence-corrected chi connectivity index (χ2v) is 5.28. The molecular weight excluding hydrogens is 200 g/mol. The number of carbonyl (C=O) groups is 1. The molecule has 0 aliphatic carbocycles. The van der Waals surface area contributed by atoms with Crippen molar-refractivity contribution in [1.82, 2.24) is 0 Å². The van der Waals surface area contributed by atoms with Gasteiger partial charge in [0.25, 0.3) is 0 Å². The van der Waals surface area contributed by atoms with Crippen molar-refractivity contribution in [2.75, 3.05) is 6.26 Å². The molecule has 14 heavy (non-hydrogen) atoms. The van der Waals surface area contributed by atoms with E-state index in [1.54, 1.807) is 19.1 Å². The summed E-state index contributed by atoms with van der Waals surface area (Å²) in [5.74, 6) is -0.191. The SMILES string of the molecule is CC(C=O)c1ccc(S(C)(=O)=O)cc1. The molecule has 0 radical (unpaired) electrons. The maximum atomic E-state index is 11.1. The van der Waals surface area contributed by atoms with Crippen LogP contribution in [0.1, 0.15) is 18.4 Å². The predicted octanol–water partition coefficient (Wildman–Crippen LogP) is 1.39. The van der Waals surface area contributed by atoms with Crippen LogP contribution in [0.5, 0.6) is 0 Å². The molecule has 0 heterocycles. The third-order valence-electron chi connectivity index (χ3n) is 2.04. The molecule has 1 aromatic rings. The van der Waals surface area contributed by atoms with Crippen molar-refractivity contribution in [2.45, 2.75) is 17.7 Å². The summed E-state index contributed by atoms with van der Waals surface area (Å²) in [5.41, 5.74) is 0.826. The Balaban J connectivity index is 3.07. The molecule has 76 valence electrons. The van der Waals surface area contributed by atoms with Crippen molar-refractivity contribution < 1.29 is 13.2 Å². The minimum Gasteiger partial charge on any atom is -0.303 e. The van der Waals surface area contributed by atoms with Crippen LogP contribution in [0, 0.1) is 0 Å². The van der Waals surface area contributed by atoms with Crippen molar-refractivity contribution in [3.05, 3.63) is 29.8 Å². The third-order valence-corrected chi connectivity index (χ3v) is 3.17. The maximum absolute atomic E-state index is 11.1. The molecule has 0 saturated heterocycles. The highest BCUT2D eigenvalue weighted by Gasteiger charge is 2.08. The summed E-state index contributed by atoms with van der Waals surface area (Å²) in [6.45, 7) is 1.77. The number of aldehydes is 1. The summed E-state index contributed by atoms with van der Waals surface area (Å²) in [6.07, 6.45) is 1.99. The summed E-state index contributed by atoms with van der Waals surface area (Å²) in [7, 11) is -3.14. The summed E-state index contributed by atoms with van der Waals surface area (Å²) >= 11 is 0. The van der Waals surface area contributed by atoms with E-state index in [2.05, 4.69) is 0 Å². The van der Waals surface area contributed by atoms with Crippen LogP contribution in [0.15, 0.2) is 29.2 Å². The highest BCUT2D eigenvalue weighted by Crippen LogP contribution is 2.16. The Bertz CT molecular complexity index is 417. The van der Waals surface area contributed by atoms with Crippen LogP contribution in [0.2, 0.25) is 0 Å². The van der Waals surface area contributed by atoms with Gasteiger partial charge in [0.05, 0.1) is 4.90 Å².